The molecule has 0 saturated heterocycles. The van der Waals surface area contributed by atoms with Crippen molar-refractivity contribution >= 4 is 67.2 Å². The number of sulfone groups is 1. The fraction of sp³-hybridized carbons (Fsp3) is 0.292. The van der Waals surface area contributed by atoms with Gasteiger partial charge in [0, 0.05) is 33.4 Å². The van der Waals surface area contributed by atoms with Gasteiger partial charge in [0.2, 0.25) is 0 Å². The Morgan fingerprint density at radius 3 is 2.51 bits per heavy atom. The summed E-state index contributed by atoms with van der Waals surface area (Å²) in [5.41, 5.74) is 1.10. The molecule has 184 valence electrons. The normalized spacial score (nSPS) is 14.1. The van der Waals surface area contributed by atoms with E-state index in [-0.39, 0.29) is 21.0 Å². The maximum atomic E-state index is 13.0. The lowest BCUT2D eigenvalue weighted by Crippen LogP contribution is -2.22. The van der Waals surface area contributed by atoms with E-state index in [4.69, 9.17) is 11.6 Å². The third kappa shape index (κ3) is 6.63. The maximum Gasteiger partial charge on any atom is 0.325 e. The molecule has 2 N–H and O–H groups in total. The number of urea groups is 1. The van der Waals surface area contributed by atoms with E-state index in [1.54, 1.807) is 18.2 Å². The summed E-state index contributed by atoms with van der Waals surface area (Å²) < 4.78 is 24.7. The van der Waals surface area contributed by atoms with Crippen molar-refractivity contribution < 1.29 is 18.0 Å². The van der Waals surface area contributed by atoms with Gasteiger partial charge in [-0.15, -0.1) is 11.8 Å². The van der Waals surface area contributed by atoms with Gasteiger partial charge in [0.05, 0.1) is 11.4 Å². The third-order valence-corrected chi connectivity index (χ3v) is 9.69. The van der Waals surface area contributed by atoms with Crippen LogP contribution in [-0.4, -0.2) is 31.5 Å². The van der Waals surface area contributed by atoms with E-state index in [0.29, 0.717) is 27.7 Å². The first-order valence-corrected chi connectivity index (χ1v) is 15.1. The summed E-state index contributed by atoms with van der Waals surface area (Å²) in [6, 6.07) is 13.7. The fourth-order valence-corrected chi connectivity index (χ4v) is 7.24. The number of nitrogens with zero attached hydrogens (tertiary/aromatic N) is 1. The van der Waals surface area contributed by atoms with Crippen molar-refractivity contribution in [2.45, 2.75) is 40.5 Å². The van der Waals surface area contributed by atoms with Crippen LogP contribution >= 0.6 is 34.7 Å². The van der Waals surface area contributed by atoms with Crippen LogP contribution in [0, 0.1) is 5.92 Å². The number of aromatic nitrogens is 1. The second-order valence-electron chi connectivity index (χ2n) is 8.24. The monoisotopic (exact) mass is 549 g/mol. The molecule has 1 aliphatic rings. The van der Waals surface area contributed by atoms with Gasteiger partial charge in [0.15, 0.2) is 20.8 Å². The summed E-state index contributed by atoms with van der Waals surface area (Å²) in [5.74, 6) is 0.232. The van der Waals surface area contributed by atoms with Gasteiger partial charge in [-0.1, -0.05) is 54.0 Å². The standard InChI is InChI=1S/C24H24ClN3O4S3/c1-35(31,32)22-20(14-33-17-9-3-2-4-10-17)27-24(34-22)28-23(30)26-19-12-11-16(25)13-18(19)21(29)15-7-5-6-8-15/h2-4,9-13,15H,5-8,14H2,1H3,(H2,26,27,28,30). The topological polar surface area (TPSA) is 105 Å². The minimum Gasteiger partial charge on any atom is -0.307 e. The number of thioether (sulfide) groups is 1. The number of anilines is 2. The van der Waals surface area contributed by atoms with E-state index in [1.807, 2.05) is 30.3 Å². The van der Waals surface area contributed by atoms with E-state index in [1.165, 1.54) is 11.8 Å². The van der Waals surface area contributed by atoms with E-state index < -0.39 is 15.9 Å². The molecule has 0 bridgehead atoms. The molecule has 1 aromatic heterocycles. The Morgan fingerprint density at radius 1 is 1.11 bits per heavy atom. The summed E-state index contributed by atoms with van der Waals surface area (Å²) in [7, 11) is -3.53. The van der Waals surface area contributed by atoms with Crippen LogP contribution in [-0.2, 0) is 15.6 Å². The molecule has 3 aromatic rings. The zero-order valence-corrected chi connectivity index (χ0v) is 22.1. The molecule has 11 heteroatoms. The number of benzene rings is 2. The van der Waals surface area contributed by atoms with E-state index >= 15 is 0 Å². The van der Waals surface area contributed by atoms with Crippen molar-refractivity contribution in [3.05, 3.63) is 64.8 Å². The number of carbonyl (C=O) groups excluding carboxylic acids is 2. The Hall–Kier alpha value is -2.40. The van der Waals surface area contributed by atoms with Gasteiger partial charge in [-0.3, -0.25) is 10.1 Å². The molecule has 0 unspecified atom stereocenters. The molecule has 1 heterocycles. The van der Waals surface area contributed by atoms with Crippen molar-refractivity contribution in [2.24, 2.45) is 5.92 Å². The quantitative estimate of drug-likeness (QED) is 0.245. The highest BCUT2D eigenvalue weighted by molar-refractivity contribution is 7.98. The number of hydrogen-bond acceptors (Lipinski definition) is 7. The second-order valence-corrected chi connectivity index (χ2v) is 12.9. The molecule has 0 spiro atoms. The number of rotatable bonds is 8. The minimum absolute atomic E-state index is 0.0332. The molecular weight excluding hydrogens is 526 g/mol. The van der Waals surface area contributed by atoms with Crippen molar-refractivity contribution in [3.63, 3.8) is 0 Å². The number of halogens is 1. The van der Waals surface area contributed by atoms with E-state index in [2.05, 4.69) is 15.6 Å². The minimum atomic E-state index is -3.53. The summed E-state index contributed by atoms with van der Waals surface area (Å²) >= 11 is 8.48. The molecule has 1 aliphatic carbocycles. The molecule has 0 aliphatic heterocycles. The number of nitrogens with one attached hydrogen (secondary N) is 2. The van der Waals surface area contributed by atoms with Crippen LogP contribution in [0.1, 0.15) is 41.7 Å². The molecule has 35 heavy (non-hydrogen) atoms. The number of amides is 2. The van der Waals surface area contributed by atoms with Crippen LogP contribution in [0.4, 0.5) is 15.6 Å². The molecule has 2 amide bonds. The first-order valence-electron chi connectivity index (χ1n) is 11.0. The van der Waals surface area contributed by atoms with Gasteiger partial charge in [0.1, 0.15) is 4.21 Å². The van der Waals surface area contributed by atoms with Crippen LogP contribution in [0.2, 0.25) is 5.02 Å². The lowest BCUT2D eigenvalue weighted by Gasteiger charge is -2.14. The Morgan fingerprint density at radius 2 is 1.83 bits per heavy atom. The van der Waals surface area contributed by atoms with Gasteiger partial charge in [-0.2, -0.15) is 0 Å². The molecule has 2 aromatic carbocycles. The van der Waals surface area contributed by atoms with Gasteiger partial charge >= 0.3 is 6.03 Å². The maximum absolute atomic E-state index is 13.0. The molecule has 1 saturated carbocycles. The van der Waals surface area contributed by atoms with Gasteiger partial charge in [-0.25, -0.2) is 18.2 Å². The fourth-order valence-electron chi connectivity index (χ4n) is 3.93. The smallest absolute Gasteiger partial charge is 0.307 e. The van der Waals surface area contributed by atoms with Crippen molar-refractivity contribution in [1.29, 1.82) is 0 Å². The highest BCUT2D eigenvalue weighted by atomic mass is 35.5. The average molecular weight is 550 g/mol. The predicted octanol–water partition coefficient (Wildman–Crippen LogP) is 6.51. The highest BCUT2D eigenvalue weighted by Gasteiger charge is 2.27. The molecule has 7 nitrogen and oxygen atoms in total. The summed E-state index contributed by atoms with van der Waals surface area (Å²) in [6.45, 7) is 0. The number of ketones is 1. The van der Waals surface area contributed by atoms with Crippen LogP contribution < -0.4 is 10.6 Å². The Bertz CT molecular complexity index is 1340. The van der Waals surface area contributed by atoms with Crippen molar-refractivity contribution in [3.8, 4) is 0 Å². The second kappa shape index (κ2) is 11.1. The van der Waals surface area contributed by atoms with E-state index in [9.17, 15) is 18.0 Å². The van der Waals surface area contributed by atoms with Crippen LogP contribution in [0.3, 0.4) is 0 Å². The average Bonchev–Trinajstić information content (AvgIpc) is 3.49. The Labute approximate surface area is 217 Å². The molecule has 4 rings (SSSR count). The van der Waals surface area contributed by atoms with Crippen molar-refractivity contribution in [2.75, 3.05) is 16.9 Å². The van der Waals surface area contributed by atoms with Crippen LogP contribution in [0.5, 0.6) is 0 Å². The number of Topliss-reactive ketones (excluding diaryl/α,β-unsaturated/α-hetero) is 1. The molecule has 0 atom stereocenters. The summed E-state index contributed by atoms with van der Waals surface area (Å²) in [5, 5.41) is 5.88. The lowest BCUT2D eigenvalue weighted by atomic mass is 9.95. The third-order valence-electron chi connectivity index (χ3n) is 5.56. The predicted molar refractivity (Wildman–Crippen MR) is 142 cm³/mol. The lowest BCUT2D eigenvalue weighted by molar-refractivity contribution is 0.0923. The summed E-state index contributed by atoms with van der Waals surface area (Å²) in [6.07, 6.45) is 4.80. The largest absolute Gasteiger partial charge is 0.325 e. The zero-order valence-electron chi connectivity index (χ0n) is 18.9. The van der Waals surface area contributed by atoms with Gasteiger partial charge in [-0.05, 0) is 43.2 Å². The van der Waals surface area contributed by atoms with Crippen LogP contribution in [0.15, 0.2) is 57.6 Å². The van der Waals surface area contributed by atoms with Gasteiger partial charge < -0.3 is 5.32 Å². The molecular formula is C24H24ClN3O4S3. The Kier molecular flexibility index (Phi) is 8.16. The summed E-state index contributed by atoms with van der Waals surface area (Å²) in [4.78, 5) is 31.1. The molecule has 1 fully saturated rings. The van der Waals surface area contributed by atoms with E-state index in [0.717, 1.165) is 48.2 Å². The highest BCUT2D eigenvalue weighted by Crippen LogP contribution is 2.34. The van der Waals surface area contributed by atoms with Gasteiger partial charge in [0.25, 0.3) is 0 Å². The molecule has 0 radical (unpaired) electrons. The SMILES string of the molecule is CS(=O)(=O)c1sc(NC(=O)Nc2ccc(Cl)cc2C(=O)C2CCCC2)nc1CSc1ccccc1. The number of hydrogen-bond donors (Lipinski definition) is 2. The number of carbonyl (C=O) groups is 2. The first kappa shape index (κ1) is 25.7. The number of thiazole rings is 1. The van der Waals surface area contributed by atoms with Crippen molar-refractivity contribution in [1.82, 2.24) is 4.98 Å². The zero-order chi connectivity index (χ0) is 25.0. The Balaban J connectivity index is 1.50. The first-order chi connectivity index (χ1) is 16.7. The van der Waals surface area contributed by atoms with Crippen LogP contribution in [0.25, 0.3) is 0 Å².